The zero-order chi connectivity index (χ0) is 8.10. The molecule has 0 bridgehead atoms. The van der Waals surface area contributed by atoms with Gasteiger partial charge in [0.05, 0.1) is 5.92 Å². The largest absolute Gasteiger partial charge is 0.303 e. The third kappa shape index (κ3) is 2.45. The minimum Gasteiger partial charge on any atom is -0.303 e. The first-order valence-corrected chi connectivity index (χ1v) is 4.32. The molecular formula is C9H14O2. The van der Waals surface area contributed by atoms with Crippen molar-refractivity contribution in [2.24, 2.45) is 5.92 Å². The Labute approximate surface area is 67.0 Å². The second kappa shape index (κ2) is 4.27. The fourth-order valence-corrected chi connectivity index (χ4v) is 1.51. The van der Waals surface area contributed by atoms with E-state index in [-0.39, 0.29) is 11.7 Å². The Morgan fingerprint density at radius 3 is 2.64 bits per heavy atom. The van der Waals surface area contributed by atoms with Crippen molar-refractivity contribution in [2.45, 2.75) is 38.5 Å². The summed E-state index contributed by atoms with van der Waals surface area (Å²) in [6, 6.07) is 0. The topological polar surface area (TPSA) is 34.1 Å². The summed E-state index contributed by atoms with van der Waals surface area (Å²) in [5.41, 5.74) is 0. The van der Waals surface area contributed by atoms with Crippen LogP contribution in [0.2, 0.25) is 0 Å². The first kappa shape index (κ1) is 8.44. The van der Waals surface area contributed by atoms with Crippen molar-refractivity contribution in [3.8, 4) is 0 Å². The van der Waals surface area contributed by atoms with Gasteiger partial charge in [0.1, 0.15) is 12.1 Å². The van der Waals surface area contributed by atoms with Crippen LogP contribution in [-0.4, -0.2) is 12.1 Å². The first-order valence-electron chi connectivity index (χ1n) is 4.32. The molecule has 11 heavy (non-hydrogen) atoms. The second-order valence-corrected chi connectivity index (χ2v) is 3.16. The maximum atomic E-state index is 11.2. The molecule has 2 nitrogen and oxygen atoms in total. The van der Waals surface area contributed by atoms with Crippen LogP contribution in [0, 0.1) is 5.92 Å². The standard InChI is InChI=1S/C9H14O2/c10-7-8-5-3-1-2-4-6-9(8)11/h7-8H,1-6H2. The average Bonchev–Trinajstić information content (AvgIpc) is 1.98. The lowest BCUT2D eigenvalue weighted by atomic mass is 9.91. The predicted octanol–water partition coefficient (Wildman–Crippen LogP) is 1.72. The maximum Gasteiger partial charge on any atom is 0.143 e. The third-order valence-corrected chi connectivity index (χ3v) is 2.27. The van der Waals surface area contributed by atoms with Crippen LogP contribution in [-0.2, 0) is 9.59 Å². The summed E-state index contributed by atoms with van der Waals surface area (Å²) in [5.74, 6) is -0.130. The molecule has 1 aliphatic rings. The zero-order valence-corrected chi connectivity index (χ0v) is 6.71. The molecule has 1 unspecified atom stereocenters. The van der Waals surface area contributed by atoms with Gasteiger partial charge in [-0.25, -0.2) is 0 Å². The van der Waals surface area contributed by atoms with E-state index in [9.17, 15) is 9.59 Å². The van der Waals surface area contributed by atoms with Crippen molar-refractivity contribution >= 4 is 12.1 Å². The van der Waals surface area contributed by atoms with E-state index in [1.807, 2.05) is 0 Å². The van der Waals surface area contributed by atoms with Gasteiger partial charge in [0.25, 0.3) is 0 Å². The van der Waals surface area contributed by atoms with E-state index >= 15 is 0 Å². The molecule has 1 atom stereocenters. The summed E-state index contributed by atoms with van der Waals surface area (Å²) < 4.78 is 0. The summed E-state index contributed by atoms with van der Waals surface area (Å²) in [6.07, 6.45) is 6.55. The number of carbonyl (C=O) groups is 2. The van der Waals surface area contributed by atoms with Crippen LogP contribution in [0.4, 0.5) is 0 Å². The van der Waals surface area contributed by atoms with E-state index in [0.29, 0.717) is 6.42 Å². The van der Waals surface area contributed by atoms with Gasteiger partial charge < -0.3 is 4.79 Å². The van der Waals surface area contributed by atoms with Crippen LogP contribution < -0.4 is 0 Å². The molecule has 0 aromatic heterocycles. The molecule has 0 aromatic rings. The van der Waals surface area contributed by atoms with E-state index in [1.54, 1.807) is 0 Å². The SMILES string of the molecule is O=CC1CCCCCCC1=O. The van der Waals surface area contributed by atoms with E-state index in [2.05, 4.69) is 0 Å². The maximum absolute atomic E-state index is 11.2. The van der Waals surface area contributed by atoms with Crippen LogP contribution in [0.3, 0.4) is 0 Å². The van der Waals surface area contributed by atoms with E-state index in [0.717, 1.165) is 32.0 Å². The number of ketones is 1. The molecule has 1 fully saturated rings. The molecule has 0 aliphatic heterocycles. The zero-order valence-electron chi connectivity index (χ0n) is 6.71. The van der Waals surface area contributed by atoms with Crippen molar-refractivity contribution in [1.82, 2.24) is 0 Å². The molecule has 0 spiro atoms. The number of hydrogen-bond donors (Lipinski definition) is 0. The van der Waals surface area contributed by atoms with Gasteiger partial charge in [0.2, 0.25) is 0 Å². The molecule has 0 saturated heterocycles. The van der Waals surface area contributed by atoms with Crippen molar-refractivity contribution < 1.29 is 9.59 Å². The van der Waals surface area contributed by atoms with Gasteiger partial charge in [0.15, 0.2) is 0 Å². The Hall–Kier alpha value is -0.660. The van der Waals surface area contributed by atoms with Gasteiger partial charge in [-0.15, -0.1) is 0 Å². The summed E-state index contributed by atoms with van der Waals surface area (Å²) in [7, 11) is 0. The summed E-state index contributed by atoms with van der Waals surface area (Å²) >= 11 is 0. The quantitative estimate of drug-likeness (QED) is 0.425. The van der Waals surface area contributed by atoms with Crippen LogP contribution in [0.5, 0.6) is 0 Å². The minimum absolute atomic E-state index is 0.153. The van der Waals surface area contributed by atoms with Crippen LogP contribution >= 0.6 is 0 Å². The van der Waals surface area contributed by atoms with Crippen molar-refractivity contribution in [3.63, 3.8) is 0 Å². The molecule has 1 saturated carbocycles. The average molecular weight is 154 g/mol. The van der Waals surface area contributed by atoms with Crippen LogP contribution in [0.1, 0.15) is 38.5 Å². The smallest absolute Gasteiger partial charge is 0.143 e. The highest BCUT2D eigenvalue weighted by molar-refractivity contribution is 5.93. The van der Waals surface area contributed by atoms with Crippen molar-refractivity contribution in [3.05, 3.63) is 0 Å². The second-order valence-electron chi connectivity index (χ2n) is 3.16. The lowest BCUT2D eigenvalue weighted by Gasteiger charge is -2.12. The Bertz CT molecular complexity index is 152. The summed E-state index contributed by atoms with van der Waals surface area (Å²) in [5, 5.41) is 0. The van der Waals surface area contributed by atoms with Gasteiger partial charge in [-0.05, 0) is 12.8 Å². The van der Waals surface area contributed by atoms with Crippen LogP contribution in [0.15, 0.2) is 0 Å². The molecule has 0 heterocycles. The fourth-order valence-electron chi connectivity index (χ4n) is 1.51. The van der Waals surface area contributed by atoms with Gasteiger partial charge >= 0.3 is 0 Å². The molecule has 0 amide bonds. The fraction of sp³-hybridized carbons (Fsp3) is 0.778. The van der Waals surface area contributed by atoms with E-state index < -0.39 is 0 Å². The molecule has 2 heteroatoms. The van der Waals surface area contributed by atoms with Gasteiger partial charge in [-0.3, -0.25) is 4.79 Å². The Morgan fingerprint density at radius 1 is 1.18 bits per heavy atom. The summed E-state index contributed by atoms with van der Waals surface area (Å²) in [6.45, 7) is 0. The predicted molar refractivity (Wildman–Crippen MR) is 42.3 cm³/mol. The molecule has 0 aromatic carbocycles. The van der Waals surface area contributed by atoms with Gasteiger partial charge in [-0.2, -0.15) is 0 Å². The highest BCUT2D eigenvalue weighted by atomic mass is 16.1. The molecule has 1 rings (SSSR count). The number of carbonyl (C=O) groups excluding carboxylic acids is 2. The highest BCUT2D eigenvalue weighted by Gasteiger charge is 2.18. The number of hydrogen-bond acceptors (Lipinski definition) is 2. The lowest BCUT2D eigenvalue weighted by Crippen LogP contribution is -2.17. The minimum atomic E-state index is -0.282. The molecule has 1 aliphatic carbocycles. The third-order valence-electron chi connectivity index (χ3n) is 2.27. The van der Waals surface area contributed by atoms with Gasteiger partial charge in [0, 0.05) is 6.42 Å². The molecule has 0 N–H and O–H groups in total. The Morgan fingerprint density at radius 2 is 1.91 bits per heavy atom. The lowest BCUT2D eigenvalue weighted by molar-refractivity contribution is -0.128. The summed E-state index contributed by atoms with van der Waals surface area (Å²) in [4.78, 5) is 21.6. The van der Waals surface area contributed by atoms with Gasteiger partial charge in [-0.1, -0.05) is 19.3 Å². The highest BCUT2D eigenvalue weighted by Crippen LogP contribution is 2.17. The first-order chi connectivity index (χ1) is 5.34. The number of aldehydes is 1. The normalized spacial score (nSPS) is 27.3. The molecule has 0 radical (unpaired) electrons. The Balaban J connectivity index is 2.45. The Kier molecular flexibility index (Phi) is 3.27. The van der Waals surface area contributed by atoms with Crippen molar-refractivity contribution in [1.29, 1.82) is 0 Å². The van der Waals surface area contributed by atoms with E-state index in [1.165, 1.54) is 6.42 Å². The molecule has 62 valence electrons. The van der Waals surface area contributed by atoms with E-state index in [4.69, 9.17) is 0 Å². The molecular weight excluding hydrogens is 140 g/mol. The number of rotatable bonds is 1. The van der Waals surface area contributed by atoms with Crippen LogP contribution in [0.25, 0.3) is 0 Å². The number of Topliss-reactive ketones (excluding diaryl/α,β-unsaturated/α-hetero) is 1. The van der Waals surface area contributed by atoms with Crippen molar-refractivity contribution in [2.75, 3.05) is 0 Å². The monoisotopic (exact) mass is 154 g/mol.